The van der Waals surface area contributed by atoms with E-state index in [0.717, 1.165) is 18.2 Å². The Kier molecular flexibility index (Phi) is 6.08. The first-order valence-electron chi connectivity index (χ1n) is 9.93. The van der Waals surface area contributed by atoms with Gasteiger partial charge in [-0.25, -0.2) is 22.0 Å². The van der Waals surface area contributed by atoms with E-state index in [1.54, 1.807) is 6.92 Å². The molecule has 0 unspecified atom stereocenters. The molecule has 0 saturated heterocycles. The second-order valence-electron chi connectivity index (χ2n) is 7.58. The Morgan fingerprint density at radius 1 is 0.588 bits per heavy atom. The lowest BCUT2D eigenvalue weighted by Gasteiger charge is -2.19. The van der Waals surface area contributed by atoms with Gasteiger partial charge in [-0.3, -0.25) is 0 Å². The van der Waals surface area contributed by atoms with E-state index in [2.05, 4.69) is 4.74 Å². The third-order valence-corrected chi connectivity index (χ3v) is 5.14. The summed E-state index contributed by atoms with van der Waals surface area (Å²) in [5, 5.41) is 0. The number of rotatable bonds is 5. The zero-order valence-corrected chi connectivity index (χ0v) is 17.5. The van der Waals surface area contributed by atoms with E-state index in [9.17, 15) is 30.7 Å². The van der Waals surface area contributed by atoms with Gasteiger partial charge in [0.2, 0.25) is 0 Å². The van der Waals surface area contributed by atoms with Crippen molar-refractivity contribution in [2.45, 2.75) is 13.0 Å². The van der Waals surface area contributed by atoms with Crippen molar-refractivity contribution in [2.24, 2.45) is 0 Å². The van der Waals surface area contributed by atoms with Gasteiger partial charge in [0.15, 0.2) is 17.5 Å². The molecular formula is C26H15F7O. The van der Waals surface area contributed by atoms with Crippen molar-refractivity contribution < 1.29 is 35.5 Å². The second-order valence-corrected chi connectivity index (χ2v) is 7.58. The monoisotopic (exact) mass is 476 g/mol. The van der Waals surface area contributed by atoms with E-state index >= 15 is 0 Å². The predicted octanol–water partition coefficient (Wildman–Crippen LogP) is 8.15. The fourth-order valence-electron chi connectivity index (χ4n) is 3.41. The number of alkyl halides is 2. The maximum atomic E-state index is 14.6. The van der Waals surface area contributed by atoms with Gasteiger partial charge < -0.3 is 4.74 Å². The zero-order chi connectivity index (χ0) is 24.6. The smallest absolute Gasteiger partial charge is 0.429 e. The first-order chi connectivity index (χ1) is 16.0. The van der Waals surface area contributed by atoms with Crippen LogP contribution in [0.4, 0.5) is 30.7 Å². The SMILES string of the molecule is Cc1ccc(C(F)(F)Oc2ccc(-c3ccc(-c4cc(F)c(F)c(F)c4)c(F)c3)cc2)c(F)c1. The van der Waals surface area contributed by atoms with Crippen LogP contribution in [0.25, 0.3) is 22.3 Å². The highest BCUT2D eigenvalue weighted by molar-refractivity contribution is 5.71. The molecule has 0 aliphatic heterocycles. The summed E-state index contributed by atoms with van der Waals surface area (Å²) in [5.41, 5.74) is 0.00480. The summed E-state index contributed by atoms with van der Waals surface area (Å²) < 4.78 is 102. The highest BCUT2D eigenvalue weighted by atomic mass is 19.3. The van der Waals surface area contributed by atoms with Gasteiger partial charge in [-0.1, -0.05) is 30.3 Å². The lowest BCUT2D eigenvalue weighted by Crippen LogP contribution is -2.23. The molecule has 0 aliphatic carbocycles. The molecule has 0 bridgehead atoms. The molecule has 0 fully saturated rings. The highest BCUT2D eigenvalue weighted by Crippen LogP contribution is 2.35. The molecule has 0 heterocycles. The van der Waals surface area contributed by atoms with Crippen LogP contribution in [0.3, 0.4) is 0 Å². The summed E-state index contributed by atoms with van der Waals surface area (Å²) in [6, 6.07) is 13.6. The summed E-state index contributed by atoms with van der Waals surface area (Å²) in [4.78, 5) is 0. The van der Waals surface area contributed by atoms with Crippen LogP contribution in [0.15, 0.2) is 72.8 Å². The Morgan fingerprint density at radius 3 is 1.76 bits per heavy atom. The van der Waals surface area contributed by atoms with Crippen molar-refractivity contribution in [1.82, 2.24) is 0 Å². The minimum Gasteiger partial charge on any atom is -0.429 e. The van der Waals surface area contributed by atoms with E-state index in [4.69, 9.17) is 0 Å². The Labute approximate surface area is 190 Å². The first kappa shape index (κ1) is 23.4. The van der Waals surface area contributed by atoms with Gasteiger partial charge in [0.05, 0.1) is 5.56 Å². The zero-order valence-electron chi connectivity index (χ0n) is 17.5. The summed E-state index contributed by atoms with van der Waals surface area (Å²) in [5.74, 6) is -6.72. The normalized spacial score (nSPS) is 11.5. The Morgan fingerprint density at radius 2 is 1.18 bits per heavy atom. The molecule has 0 radical (unpaired) electrons. The van der Waals surface area contributed by atoms with Gasteiger partial charge in [-0.2, -0.15) is 8.78 Å². The Hall–Kier alpha value is -3.81. The quantitative estimate of drug-likeness (QED) is 0.209. The van der Waals surface area contributed by atoms with Gasteiger partial charge >= 0.3 is 6.11 Å². The molecular weight excluding hydrogens is 461 g/mol. The number of ether oxygens (including phenoxy) is 1. The van der Waals surface area contributed by atoms with Gasteiger partial charge in [0, 0.05) is 5.56 Å². The fourth-order valence-corrected chi connectivity index (χ4v) is 3.41. The molecule has 8 heteroatoms. The van der Waals surface area contributed by atoms with E-state index in [1.807, 2.05) is 0 Å². The maximum Gasteiger partial charge on any atom is 0.429 e. The van der Waals surface area contributed by atoms with E-state index in [1.165, 1.54) is 42.5 Å². The predicted molar refractivity (Wildman–Crippen MR) is 113 cm³/mol. The summed E-state index contributed by atoms with van der Waals surface area (Å²) in [6.45, 7) is 1.57. The minimum atomic E-state index is -3.92. The van der Waals surface area contributed by atoms with Crippen LogP contribution in [0, 0.1) is 36.0 Å². The molecule has 4 aromatic rings. The molecule has 1 nitrogen and oxygen atoms in total. The fraction of sp³-hybridized carbons (Fsp3) is 0.0769. The number of benzene rings is 4. The molecule has 0 aromatic heterocycles. The van der Waals surface area contributed by atoms with Crippen molar-refractivity contribution in [3.8, 4) is 28.0 Å². The van der Waals surface area contributed by atoms with Gasteiger partial charge in [0.25, 0.3) is 0 Å². The van der Waals surface area contributed by atoms with Crippen molar-refractivity contribution in [2.75, 3.05) is 0 Å². The molecule has 34 heavy (non-hydrogen) atoms. The topological polar surface area (TPSA) is 9.23 Å². The average Bonchev–Trinajstić information content (AvgIpc) is 2.77. The van der Waals surface area contributed by atoms with Crippen LogP contribution in [-0.4, -0.2) is 0 Å². The standard InChI is InChI=1S/C26H15F7O/c1-14-2-9-20(22(28)10-14)26(32,33)34-18-6-3-15(4-7-18)16-5-8-19(21(27)11-16)17-12-23(29)25(31)24(30)13-17/h2-13H,1H3. The van der Waals surface area contributed by atoms with Crippen LogP contribution < -0.4 is 4.74 Å². The van der Waals surface area contributed by atoms with Crippen LogP contribution >= 0.6 is 0 Å². The van der Waals surface area contributed by atoms with Crippen LogP contribution in [0.1, 0.15) is 11.1 Å². The molecule has 0 amide bonds. The third kappa shape index (κ3) is 4.62. The molecule has 0 saturated carbocycles. The molecule has 0 N–H and O–H groups in total. The van der Waals surface area contributed by atoms with Gasteiger partial charge in [-0.05, 0) is 71.6 Å². The van der Waals surface area contributed by atoms with Crippen LogP contribution in [-0.2, 0) is 6.11 Å². The van der Waals surface area contributed by atoms with Crippen molar-refractivity contribution in [3.05, 3.63) is 113 Å². The van der Waals surface area contributed by atoms with Crippen LogP contribution in [0.2, 0.25) is 0 Å². The Balaban J connectivity index is 1.57. The molecule has 0 aliphatic rings. The van der Waals surface area contributed by atoms with Gasteiger partial charge in [-0.15, -0.1) is 0 Å². The number of hydrogen-bond acceptors (Lipinski definition) is 1. The Bertz CT molecular complexity index is 1340. The highest BCUT2D eigenvalue weighted by Gasteiger charge is 2.37. The number of aryl methyl sites for hydroxylation is 1. The van der Waals surface area contributed by atoms with Crippen molar-refractivity contribution in [3.63, 3.8) is 0 Å². The second kappa shape index (κ2) is 8.85. The molecule has 0 spiro atoms. The van der Waals surface area contributed by atoms with E-state index in [-0.39, 0.29) is 16.9 Å². The molecule has 4 aromatic carbocycles. The lowest BCUT2D eigenvalue weighted by molar-refractivity contribution is -0.187. The van der Waals surface area contributed by atoms with E-state index < -0.39 is 40.8 Å². The summed E-state index contributed by atoms with van der Waals surface area (Å²) in [6.07, 6.45) is -3.92. The minimum absolute atomic E-state index is 0.152. The summed E-state index contributed by atoms with van der Waals surface area (Å²) in [7, 11) is 0. The van der Waals surface area contributed by atoms with Crippen molar-refractivity contribution >= 4 is 0 Å². The van der Waals surface area contributed by atoms with Crippen molar-refractivity contribution in [1.29, 1.82) is 0 Å². The van der Waals surface area contributed by atoms with E-state index in [0.29, 0.717) is 28.8 Å². The van der Waals surface area contributed by atoms with Crippen LogP contribution in [0.5, 0.6) is 5.75 Å². The number of halogens is 7. The molecule has 174 valence electrons. The first-order valence-corrected chi connectivity index (χ1v) is 9.93. The number of hydrogen-bond donors (Lipinski definition) is 0. The average molecular weight is 476 g/mol. The largest absolute Gasteiger partial charge is 0.429 e. The lowest BCUT2D eigenvalue weighted by atomic mass is 9.99. The summed E-state index contributed by atoms with van der Waals surface area (Å²) >= 11 is 0. The molecule has 4 rings (SSSR count). The third-order valence-electron chi connectivity index (χ3n) is 5.14. The maximum absolute atomic E-state index is 14.6. The molecule has 0 atom stereocenters. The van der Waals surface area contributed by atoms with Gasteiger partial charge in [0.1, 0.15) is 17.4 Å².